The first-order chi connectivity index (χ1) is 14.2. The van der Waals surface area contributed by atoms with Crippen LogP contribution in [0, 0.1) is 17.8 Å². The summed E-state index contributed by atoms with van der Waals surface area (Å²) in [4.78, 5) is 0. The first-order valence-electron chi connectivity index (χ1n) is 12.1. The molecule has 1 heterocycles. The van der Waals surface area contributed by atoms with Gasteiger partial charge in [0.1, 0.15) is 18.3 Å². The van der Waals surface area contributed by atoms with Crippen molar-refractivity contribution in [3.8, 4) is 0 Å². The molecule has 3 N–H and O–H groups in total. The van der Waals surface area contributed by atoms with E-state index < -0.39 is 24.6 Å². The molecule has 0 bridgehead atoms. The molecule has 1 aliphatic heterocycles. The summed E-state index contributed by atoms with van der Waals surface area (Å²) >= 11 is 0. The zero-order chi connectivity index (χ0) is 22.5. The molecule has 1 saturated heterocycles. The van der Waals surface area contributed by atoms with Gasteiger partial charge in [0.25, 0.3) is 0 Å². The van der Waals surface area contributed by atoms with Gasteiger partial charge in [-0.2, -0.15) is 0 Å². The predicted octanol–water partition coefficient (Wildman–Crippen LogP) is 4.83. The van der Waals surface area contributed by atoms with Crippen LogP contribution in [-0.2, 0) is 9.47 Å². The van der Waals surface area contributed by atoms with Crippen molar-refractivity contribution >= 4 is 0 Å². The zero-order valence-electron chi connectivity index (χ0n) is 20.1. The molecule has 0 spiro atoms. The Balaban J connectivity index is 2.09. The van der Waals surface area contributed by atoms with Crippen molar-refractivity contribution in [2.75, 3.05) is 13.2 Å². The van der Waals surface area contributed by atoms with Gasteiger partial charge in [0.2, 0.25) is 0 Å². The highest BCUT2D eigenvalue weighted by Crippen LogP contribution is 2.22. The lowest BCUT2D eigenvalue weighted by molar-refractivity contribution is -0.266. The van der Waals surface area contributed by atoms with Crippen LogP contribution in [0.1, 0.15) is 92.4 Å². The maximum absolute atomic E-state index is 9.86. The van der Waals surface area contributed by atoms with Crippen molar-refractivity contribution in [3.05, 3.63) is 11.6 Å². The summed E-state index contributed by atoms with van der Waals surface area (Å²) in [5.41, 5.74) is 1.27. The monoisotopic (exact) mass is 428 g/mol. The first-order valence-corrected chi connectivity index (χ1v) is 12.1. The second-order valence-electron chi connectivity index (χ2n) is 9.99. The lowest BCUT2D eigenvalue weighted by atomic mass is 9.91. The molecule has 30 heavy (non-hydrogen) atoms. The van der Waals surface area contributed by atoms with E-state index in [0.29, 0.717) is 6.61 Å². The van der Waals surface area contributed by atoms with Crippen LogP contribution in [0.3, 0.4) is 0 Å². The Morgan fingerprint density at radius 3 is 2.07 bits per heavy atom. The number of rotatable bonds is 15. The van der Waals surface area contributed by atoms with Crippen molar-refractivity contribution < 1.29 is 24.8 Å². The van der Waals surface area contributed by atoms with Crippen LogP contribution in [0.15, 0.2) is 11.6 Å². The number of hydrogen-bond acceptors (Lipinski definition) is 5. The zero-order valence-corrected chi connectivity index (χ0v) is 20.1. The second kappa shape index (κ2) is 15.4. The topological polar surface area (TPSA) is 79.2 Å². The van der Waals surface area contributed by atoms with E-state index >= 15 is 0 Å². The fourth-order valence-electron chi connectivity index (χ4n) is 4.02. The molecule has 0 aromatic carbocycles. The molecule has 0 aromatic rings. The predicted molar refractivity (Wildman–Crippen MR) is 122 cm³/mol. The lowest BCUT2D eigenvalue weighted by Crippen LogP contribution is -2.53. The third-order valence-electron chi connectivity index (χ3n) is 6.29. The summed E-state index contributed by atoms with van der Waals surface area (Å²) in [5.74, 6) is 2.46. The third-order valence-corrected chi connectivity index (χ3v) is 6.29. The van der Waals surface area contributed by atoms with Gasteiger partial charge in [0, 0.05) is 0 Å². The number of aliphatic hydroxyl groups is 3. The number of allylic oxidation sites excluding steroid dienone is 1. The molecular weight excluding hydrogens is 380 g/mol. The summed E-state index contributed by atoms with van der Waals surface area (Å²) in [6.07, 6.45) is 9.24. The van der Waals surface area contributed by atoms with E-state index in [1.54, 1.807) is 0 Å². The van der Waals surface area contributed by atoms with Crippen LogP contribution in [0.2, 0.25) is 0 Å². The Bertz CT molecular complexity index is 464. The highest BCUT2D eigenvalue weighted by molar-refractivity contribution is 4.98. The lowest BCUT2D eigenvalue weighted by Gasteiger charge is -2.34. The van der Waals surface area contributed by atoms with E-state index in [1.807, 2.05) is 6.08 Å². The van der Waals surface area contributed by atoms with Crippen molar-refractivity contribution in [2.45, 2.75) is 117 Å². The molecule has 178 valence electrons. The summed E-state index contributed by atoms with van der Waals surface area (Å²) in [6.45, 7) is 11.8. The first kappa shape index (κ1) is 27.6. The van der Waals surface area contributed by atoms with E-state index in [9.17, 15) is 15.3 Å². The molecule has 3 unspecified atom stereocenters. The van der Waals surface area contributed by atoms with Gasteiger partial charge in [-0.1, -0.05) is 84.3 Å². The number of aliphatic hydroxyl groups excluding tert-OH is 3. The smallest absolute Gasteiger partial charge is 0.186 e. The van der Waals surface area contributed by atoms with Crippen molar-refractivity contribution in [3.63, 3.8) is 0 Å². The Hall–Kier alpha value is -0.460. The van der Waals surface area contributed by atoms with Gasteiger partial charge in [0.05, 0.1) is 13.2 Å². The minimum Gasteiger partial charge on any atom is -0.388 e. The van der Waals surface area contributed by atoms with E-state index in [1.165, 1.54) is 56.9 Å². The Morgan fingerprint density at radius 1 is 0.900 bits per heavy atom. The van der Waals surface area contributed by atoms with Gasteiger partial charge < -0.3 is 24.8 Å². The summed E-state index contributed by atoms with van der Waals surface area (Å²) in [7, 11) is 0. The molecule has 6 atom stereocenters. The average Bonchev–Trinajstić information content (AvgIpc) is 2.67. The van der Waals surface area contributed by atoms with E-state index in [0.717, 1.165) is 24.2 Å². The maximum atomic E-state index is 9.86. The number of ether oxygens (including phenoxy) is 2. The fraction of sp³-hybridized carbons (Fsp3) is 0.920. The largest absolute Gasteiger partial charge is 0.388 e. The van der Waals surface area contributed by atoms with E-state index in [2.05, 4.69) is 34.6 Å². The minimum atomic E-state index is -1.22. The van der Waals surface area contributed by atoms with Crippen LogP contribution in [0.4, 0.5) is 0 Å². The number of hydrogen-bond donors (Lipinski definition) is 3. The molecule has 1 rings (SSSR count). The molecule has 1 fully saturated rings. The standard InChI is InChI=1S/C25H48O5/c1-18(2)9-6-10-19(3)11-7-12-20(4)13-8-14-21(5)15-16-29-25-24(28)23(27)22(26)17-30-25/h15,18-20,22-28H,6-14,16-17H2,1-5H3/t19?,20?,22-,23+,24-,25?/m1/s1. The minimum absolute atomic E-state index is 0.0276. The third kappa shape index (κ3) is 11.8. The molecule has 0 saturated carbocycles. The molecule has 1 aliphatic rings. The van der Waals surface area contributed by atoms with Gasteiger partial charge in [-0.15, -0.1) is 0 Å². The van der Waals surface area contributed by atoms with Crippen molar-refractivity contribution in [2.24, 2.45) is 17.8 Å². The van der Waals surface area contributed by atoms with Crippen LogP contribution >= 0.6 is 0 Å². The van der Waals surface area contributed by atoms with Crippen LogP contribution in [0.5, 0.6) is 0 Å². The average molecular weight is 429 g/mol. The van der Waals surface area contributed by atoms with E-state index in [4.69, 9.17) is 9.47 Å². The van der Waals surface area contributed by atoms with Gasteiger partial charge >= 0.3 is 0 Å². The molecular formula is C25H48O5. The quantitative estimate of drug-likeness (QED) is 0.326. The SMILES string of the molecule is CC(=CCOC1OC[C@@H](O)[C@H](O)[C@H]1O)CCCC(C)CCCC(C)CCCC(C)C. The normalized spacial score (nSPS) is 27.4. The van der Waals surface area contributed by atoms with Crippen LogP contribution in [-0.4, -0.2) is 53.1 Å². The van der Waals surface area contributed by atoms with Crippen LogP contribution < -0.4 is 0 Å². The molecule has 0 radical (unpaired) electrons. The Morgan fingerprint density at radius 2 is 1.47 bits per heavy atom. The summed E-state index contributed by atoms with van der Waals surface area (Å²) < 4.78 is 10.8. The molecule has 5 heteroatoms. The molecule has 0 amide bonds. The maximum Gasteiger partial charge on any atom is 0.186 e. The highest BCUT2D eigenvalue weighted by atomic mass is 16.7. The molecule has 5 nitrogen and oxygen atoms in total. The highest BCUT2D eigenvalue weighted by Gasteiger charge is 2.37. The Kier molecular flexibility index (Phi) is 14.1. The van der Waals surface area contributed by atoms with Crippen LogP contribution in [0.25, 0.3) is 0 Å². The molecule has 0 aromatic heterocycles. The summed E-state index contributed by atoms with van der Waals surface area (Å²) in [5, 5.41) is 29.0. The Labute approximate surface area is 184 Å². The van der Waals surface area contributed by atoms with Crippen molar-refractivity contribution in [1.29, 1.82) is 0 Å². The molecule has 0 aliphatic carbocycles. The van der Waals surface area contributed by atoms with E-state index in [-0.39, 0.29) is 6.61 Å². The second-order valence-corrected chi connectivity index (χ2v) is 9.99. The van der Waals surface area contributed by atoms with Gasteiger partial charge in [-0.05, 0) is 37.5 Å². The van der Waals surface area contributed by atoms with Gasteiger partial charge in [-0.25, -0.2) is 0 Å². The van der Waals surface area contributed by atoms with Crippen molar-refractivity contribution in [1.82, 2.24) is 0 Å². The fourth-order valence-corrected chi connectivity index (χ4v) is 4.02. The van der Waals surface area contributed by atoms with Gasteiger partial charge in [0.15, 0.2) is 6.29 Å². The summed E-state index contributed by atoms with van der Waals surface area (Å²) in [6, 6.07) is 0. The van der Waals surface area contributed by atoms with Gasteiger partial charge in [-0.3, -0.25) is 0 Å².